The van der Waals surface area contributed by atoms with Crippen LogP contribution in [0.5, 0.6) is 5.75 Å². The first kappa shape index (κ1) is 25.4. The number of urea groups is 1. The molecule has 0 unspecified atom stereocenters. The summed E-state index contributed by atoms with van der Waals surface area (Å²) in [6.07, 6.45) is 1.66. The minimum absolute atomic E-state index is 0.0121. The molecule has 3 rings (SSSR count). The molecule has 1 aromatic heterocycles. The fourth-order valence-electron chi connectivity index (χ4n) is 3.84. The van der Waals surface area contributed by atoms with Crippen LogP contribution in [0.3, 0.4) is 0 Å². The maximum Gasteiger partial charge on any atom is 0.318 e. The molecule has 0 spiro atoms. The second kappa shape index (κ2) is 11.7. The molecule has 1 N–H and O–H groups in total. The highest BCUT2D eigenvalue weighted by Gasteiger charge is 2.33. The zero-order chi connectivity index (χ0) is 24.0. The number of thiophene rings is 1. The summed E-state index contributed by atoms with van der Waals surface area (Å²) in [4.78, 5) is 31.0. The lowest BCUT2D eigenvalue weighted by Gasteiger charge is -2.37. The summed E-state index contributed by atoms with van der Waals surface area (Å²) in [5.41, 5.74) is 1.13. The number of amides is 3. The monoisotopic (exact) mass is 491 g/mol. The highest BCUT2D eigenvalue weighted by Crippen LogP contribution is 2.34. The van der Waals surface area contributed by atoms with Crippen molar-refractivity contribution < 1.29 is 14.3 Å². The van der Waals surface area contributed by atoms with Crippen LogP contribution in [0.4, 0.5) is 4.79 Å². The maximum absolute atomic E-state index is 13.5. The van der Waals surface area contributed by atoms with E-state index in [-0.39, 0.29) is 30.6 Å². The third-order valence-corrected chi connectivity index (χ3v) is 6.89. The van der Waals surface area contributed by atoms with Crippen molar-refractivity contribution in [1.29, 1.82) is 0 Å². The number of ether oxygens (including phenoxy) is 1. The summed E-state index contributed by atoms with van der Waals surface area (Å²) in [6.45, 7) is 9.65. The number of carbonyl (C=O) groups excluding carboxylic acids is 2. The lowest BCUT2D eigenvalue weighted by molar-refractivity contribution is -0.135. The summed E-state index contributed by atoms with van der Waals surface area (Å²) in [6, 6.07) is 8.94. The maximum atomic E-state index is 13.5. The first-order valence-corrected chi connectivity index (χ1v) is 12.8. The van der Waals surface area contributed by atoms with Gasteiger partial charge in [0.15, 0.2) is 0 Å². The highest BCUT2D eigenvalue weighted by atomic mass is 35.5. The Bertz CT molecular complexity index is 929. The van der Waals surface area contributed by atoms with Crippen molar-refractivity contribution in [3.05, 3.63) is 51.2 Å². The molecule has 0 radical (unpaired) electrons. The van der Waals surface area contributed by atoms with Crippen LogP contribution in [0.15, 0.2) is 35.7 Å². The summed E-state index contributed by atoms with van der Waals surface area (Å²) in [7, 11) is 0. The molecule has 2 aromatic rings. The standard InChI is InChI=1S/C25H34ClN3O3S/c1-17(2)9-12-28(25(31)27-18(3)4)15-24(30)29-13-10-23-21(11-14-33-23)22(29)16-32-20-7-5-19(26)6-8-20/h5-8,11,14,17-18,22H,9-10,12-13,15-16H2,1-4H3,(H,27,31)/t22-/m1/s1. The van der Waals surface area contributed by atoms with Gasteiger partial charge in [0.05, 0.1) is 6.04 Å². The third-order valence-electron chi connectivity index (χ3n) is 5.64. The van der Waals surface area contributed by atoms with Gasteiger partial charge in [-0.1, -0.05) is 25.4 Å². The van der Waals surface area contributed by atoms with E-state index in [0.29, 0.717) is 36.4 Å². The Hall–Kier alpha value is -2.25. The molecule has 1 aliphatic rings. The molecule has 1 aromatic carbocycles. The Morgan fingerprint density at radius 2 is 1.94 bits per heavy atom. The van der Waals surface area contributed by atoms with Gasteiger partial charge in [0, 0.05) is 29.0 Å². The predicted molar refractivity (Wildman–Crippen MR) is 134 cm³/mol. The van der Waals surface area contributed by atoms with E-state index in [2.05, 4.69) is 30.6 Å². The molecule has 0 aliphatic carbocycles. The molecule has 0 bridgehead atoms. The quantitative estimate of drug-likeness (QED) is 0.512. The smallest absolute Gasteiger partial charge is 0.318 e. The minimum Gasteiger partial charge on any atom is -0.491 e. The van der Waals surface area contributed by atoms with E-state index in [1.165, 1.54) is 4.88 Å². The summed E-state index contributed by atoms with van der Waals surface area (Å²) in [5, 5.41) is 5.65. The fourth-order valence-corrected chi connectivity index (χ4v) is 4.89. The Labute approximate surface area is 205 Å². The van der Waals surface area contributed by atoms with Crippen LogP contribution in [-0.4, -0.2) is 54.0 Å². The van der Waals surface area contributed by atoms with Crippen molar-refractivity contribution in [3.63, 3.8) is 0 Å². The molecule has 2 heterocycles. The second-order valence-corrected chi connectivity index (χ2v) is 10.6. The normalized spacial score (nSPS) is 15.5. The zero-order valence-corrected chi connectivity index (χ0v) is 21.4. The fraction of sp³-hybridized carbons (Fsp3) is 0.520. The number of halogens is 1. The van der Waals surface area contributed by atoms with Gasteiger partial charge >= 0.3 is 6.03 Å². The van der Waals surface area contributed by atoms with E-state index in [4.69, 9.17) is 16.3 Å². The molecule has 3 amide bonds. The van der Waals surface area contributed by atoms with Gasteiger partial charge in [0.2, 0.25) is 5.91 Å². The van der Waals surface area contributed by atoms with E-state index in [1.807, 2.05) is 30.9 Å². The SMILES string of the molecule is CC(C)CCN(CC(=O)N1CCc2sccc2[C@H]1COc1ccc(Cl)cc1)C(=O)NC(C)C. The van der Waals surface area contributed by atoms with Gasteiger partial charge < -0.3 is 19.9 Å². The van der Waals surface area contributed by atoms with Gasteiger partial charge in [0.25, 0.3) is 0 Å². The summed E-state index contributed by atoms with van der Waals surface area (Å²) < 4.78 is 6.05. The van der Waals surface area contributed by atoms with Crippen LogP contribution in [0.2, 0.25) is 5.02 Å². The molecule has 0 fully saturated rings. The van der Waals surface area contributed by atoms with Gasteiger partial charge in [-0.15, -0.1) is 11.3 Å². The topological polar surface area (TPSA) is 61.9 Å². The highest BCUT2D eigenvalue weighted by molar-refractivity contribution is 7.10. The van der Waals surface area contributed by atoms with Crippen molar-refractivity contribution in [2.24, 2.45) is 5.92 Å². The number of nitrogens with one attached hydrogen (secondary N) is 1. The molecular formula is C25H34ClN3O3S. The lowest BCUT2D eigenvalue weighted by atomic mass is 10.0. The first-order chi connectivity index (χ1) is 15.7. The molecule has 180 valence electrons. The molecule has 8 heteroatoms. The molecule has 1 atom stereocenters. The van der Waals surface area contributed by atoms with E-state index in [9.17, 15) is 9.59 Å². The Balaban J connectivity index is 1.74. The molecule has 33 heavy (non-hydrogen) atoms. The Morgan fingerprint density at radius 1 is 1.21 bits per heavy atom. The van der Waals surface area contributed by atoms with Crippen LogP contribution < -0.4 is 10.1 Å². The number of fused-ring (bicyclic) bond motifs is 1. The zero-order valence-electron chi connectivity index (χ0n) is 19.8. The summed E-state index contributed by atoms with van der Waals surface area (Å²) in [5.74, 6) is 1.10. The molecule has 1 aliphatic heterocycles. The van der Waals surface area contributed by atoms with Crippen LogP contribution in [0, 0.1) is 5.92 Å². The number of nitrogens with zero attached hydrogens (tertiary/aromatic N) is 2. The predicted octanol–water partition coefficient (Wildman–Crippen LogP) is 5.37. The summed E-state index contributed by atoms with van der Waals surface area (Å²) >= 11 is 7.70. The minimum atomic E-state index is -0.193. The molecule has 0 saturated heterocycles. The van der Waals surface area contributed by atoms with Gasteiger partial charge in [-0.05, 0) is 73.9 Å². The number of hydrogen-bond acceptors (Lipinski definition) is 4. The van der Waals surface area contributed by atoms with E-state index >= 15 is 0 Å². The average molecular weight is 492 g/mol. The molecule has 0 saturated carbocycles. The van der Waals surface area contributed by atoms with Crippen molar-refractivity contribution >= 4 is 34.9 Å². The van der Waals surface area contributed by atoms with Gasteiger partial charge in [-0.25, -0.2) is 4.79 Å². The van der Waals surface area contributed by atoms with Crippen molar-refractivity contribution in [2.75, 3.05) is 26.2 Å². The van der Waals surface area contributed by atoms with Crippen molar-refractivity contribution in [1.82, 2.24) is 15.1 Å². The number of benzene rings is 1. The largest absolute Gasteiger partial charge is 0.491 e. The number of carbonyl (C=O) groups is 2. The van der Waals surface area contributed by atoms with Crippen molar-refractivity contribution in [3.8, 4) is 5.75 Å². The molecular weight excluding hydrogens is 458 g/mol. The average Bonchev–Trinajstić information content (AvgIpc) is 3.24. The van der Waals surface area contributed by atoms with E-state index in [1.54, 1.807) is 28.4 Å². The van der Waals surface area contributed by atoms with Crippen LogP contribution in [0.1, 0.15) is 50.6 Å². The number of hydrogen-bond donors (Lipinski definition) is 1. The lowest BCUT2D eigenvalue weighted by Crippen LogP contribution is -2.51. The van der Waals surface area contributed by atoms with E-state index in [0.717, 1.165) is 18.4 Å². The van der Waals surface area contributed by atoms with Crippen molar-refractivity contribution in [2.45, 2.75) is 52.6 Å². The third kappa shape index (κ3) is 7.11. The van der Waals surface area contributed by atoms with Crippen LogP contribution in [-0.2, 0) is 11.2 Å². The van der Waals surface area contributed by atoms with Crippen LogP contribution >= 0.6 is 22.9 Å². The molecule has 6 nitrogen and oxygen atoms in total. The second-order valence-electron chi connectivity index (χ2n) is 9.13. The first-order valence-electron chi connectivity index (χ1n) is 11.5. The van der Waals surface area contributed by atoms with Gasteiger partial charge in [-0.2, -0.15) is 0 Å². The van der Waals surface area contributed by atoms with Crippen LogP contribution in [0.25, 0.3) is 0 Å². The van der Waals surface area contributed by atoms with Gasteiger partial charge in [-0.3, -0.25) is 4.79 Å². The number of rotatable bonds is 9. The Morgan fingerprint density at radius 3 is 2.61 bits per heavy atom. The van der Waals surface area contributed by atoms with E-state index < -0.39 is 0 Å². The Kier molecular flexibility index (Phi) is 9.03. The van der Waals surface area contributed by atoms with Gasteiger partial charge in [0.1, 0.15) is 18.9 Å².